The Labute approximate surface area is 94.4 Å². The molecule has 3 nitrogen and oxygen atoms in total. The van der Waals surface area contributed by atoms with Crippen LogP contribution >= 0.6 is 11.6 Å². The lowest BCUT2D eigenvalue weighted by atomic mass is 10.1. The predicted molar refractivity (Wildman–Crippen MR) is 51.5 cm³/mol. The Morgan fingerprint density at radius 2 is 2.19 bits per heavy atom. The molecule has 0 saturated heterocycles. The number of hydrogen-bond acceptors (Lipinski definition) is 2. The van der Waals surface area contributed by atoms with Crippen LogP contribution in [0.2, 0.25) is 5.02 Å². The van der Waals surface area contributed by atoms with Gasteiger partial charge in [-0.3, -0.25) is 9.78 Å². The summed E-state index contributed by atoms with van der Waals surface area (Å²) < 4.78 is 36.6. The first-order valence-electron chi connectivity index (χ1n) is 4.15. The van der Waals surface area contributed by atoms with E-state index >= 15 is 0 Å². The number of carbonyl (C=O) groups excluding carboxylic acids is 1. The third kappa shape index (κ3) is 3.37. The molecular weight excluding hydrogens is 245 g/mol. The van der Waals surface area contributed by atoms with Gasteiger partial charge in [0, 0.05) is 24.1 Å². The molecule has 0 aliphatic heterocycles. The number of carbonyl (C=O) groups is 1. The number of pyridine rings is 1. The van der Waals surface area contributed by atoms with E-state index in [-0.39, 0.29) is 17.0 Å². The Balaban J connectivity index is 2.88. The van der Waals surface area contributed by atoms with Gasteiger partial charge in [0.25, 0.3) is 0 Å². The van der Waals surface area contributed by atoms with Crippen molar-refractivity contribution in [2.24, 2.45) is 5.73 Å². The highest BCUT2D eigenvalue weighted by atomic mass is 35.5. The van der Waals surface area contributed by atoms with Crippen LogP contribution in [0.3, 0.4) is 0 Å². The Bertz CT molecular complexity index is 406. The Kier molecular flexibility index (Phi) is 3.74. The van der Waals surface area contributed by atoms with E-state index in [9.17, 15) is 18.0 Å². The average molecular weight is 252 g/mol. The van der Waals surface area contributed by atoms with Crippen molar-refractivity contribution in [2.75, 3.05) is 0 Å². The second kappa shape index (κ2) is 4.69. The van der Waals surface area contributed by atoms with Gasteiger partial charge in [-0.25, -0.2) is 0 Å². The van der Waals surface area contributed by atoms with Crippen molar-refractivity contribution in [3.8, 4) is 0 Å². The van der Waals surface area contributed by atoms with Gasteiger partial charge in [-0.1, -0.05) is 11.6 Å². The predicted octanol–water partition coefficient (Wildman–Crippen LogP) is 2.18. The largest absolute Gasteiger partial charge is 0.433 e. The smallest absolute Gasteiger partial charge is 0.370 e. The molecule has 1 aromatic heterocycles. The molecule has 0 saturated carbocycles. The summed E-state index contributed by atoms with van der Waals surface area (Å²) in [6.07, 6.45) is -2.37. The minimum absolute atomic E-state index is 0.104. The van der Waals surface area contributed by atoms with Gasteiger partial charge < -0.3 is 5.73 Å². The fourth-order valence-electron chi connectivity index (χ4n) is 0.957. The molecule has 0 atom stereocenters. The first-order chi connectivity index (χ1) is 7.30. The fourth-order valence-corrected chi connectivity index (χ4v) is 1.19. The van der Waals surface area contributed by atoms with Crippen LogP contribution in [0.4, 0.5) is 13.2 Å². The Morgan fingerprint density at radius 3 is 2.62 bits per heavy atom. The number of halogens is 4. The van der Waals surface area contributed by atoms with Crippen molar-refractivity contribution in [3.63, 3.8) is 0 Å². The van der Waals surface area contributed by atoms with E-state index < -0.39 is 17.8 Å². The molecular formula is C9H7ClF3N2O. The molecule has 2 N–H and O–H groups in total. The van der Waals surface area contributed by atoms with E-state index in [1.165, 1.54) is 6.42 Å². The molecule has 0 aromatic carbocycles. The van der Waals surface area contributed by atoms with E-state index in [1.54, 1.807) is 0 Å². The number of alkyl halides is 3. The van der Waals surface area contributed by atoms with Crippen molar-refractivity contribution in [1.82, 2.24) is 4.98 Å². The third-order valence-corrected chi connectivity index (χ3v) is 2.02. The van der Waals surface area contributed by atoms with Gasteiger partial charge in [-0.15, -0.1) is 0 Å². The lowest BCUT2D eigenvalue weighted by molar-refractivity contribution is -0.141. The van der Waals surface area contributed by atoms with Crippen LogP contribution in [0.1, 0.15) is 17.7 Å². The van der Waals surface area contributed by atoms with E-state index in [0.717, 1.165) is 6.20 Å². The van der Waals surface area contributed by atoms with Gasteiger partial charge in [0.05, 0.1) is 0 Å². The molecule has 0 aliphatic rings. The summed E-state index contributed by atoms with van der Waals surface area (Å²) in [5, 5.41) is -0.122. The van der Waals surface area contributed by atoms with Crippen LogP contribution in [0.15, 0.2) is 12.3 Å². The quantitative estimate of drug-likeness (QED) is 0.895. The molecule has 0 spiro atoms. The van der Waals surface area contributed by atoms with Crippen LogP contribution in [0.25, 0.3) is 0 Å². The Morgan fingerprint density at radius 1 is 1.56 bits per heavy atom. The molecule has 1 amide bonds. The first-order valence-corrected chi connectivity index (χ1v) is 4.53. The van der Waals surface area contributed by atoms with Gasteiger partial charge in [0.1, 0.15) is 5.69 Å². The molecule has 7 heteroatoms. The van der Waals surface area contributed by atoms with Crippen molar-refractivity contribution in [3.05, 3.63) is 35.0 Å². The SMILES string of the molecule is NC(=O)C[CH]c1cnc(C(F)(F)F)cc1Cl. The molecule has 1 aromatic rings. The molecule has 0 unspecified atom stereocenters. The van der Waals surface area contributed by atoms with Gasteiger partial charge in [0.15, 0.2) is 0 Å². The zero-order valence-corrected chi connectivity index (χ0v) is 8.64. The number of nitrogens with two attached hydrogens (primary N) is 1. The van der Waals surface area contributed by atoms with Crippen LogP contribution in [-0.2, 0) is 11.0 Å². The minimum Gasteiger partial charge on any atom is -0.370 e. The Hall–Kier alpha value is -1.30. The van der Waals surface area contributed by atoms with Crippen LogP contribution < -0.4 is 5.73 Å². The molecule has 0 bridgehead atoms. The fraction of sp³-hybridized carbons (Fsp3) is 0.222. The highest BCUT2D eigenvalue weighted by molar-refractivity contribution is 6.31. The molecule has 87 valence electrons. The second-order valence-electron chi connectivity index (χ2n) is 2.96. The molecule has 16 heavy (non-hydrogen) atoms. The maximum Gasteiger partial charge on any atom is 0.433 e. The van der Waals surface area contributed by atoms with Crippen molar-refractivity contribution < 1.29 is 18.0 Å². The maximum absolute atomic E-state index is 12.2. The average Bonchev–Trinajstić information content (AvgIpc) is 2.14. The lowest BCUT2D eigenvalue weighted by Crippen LogP contribution is -2.11. The normalized spacial score (nSPS) is 11.5. The molecule has 0 aliphatic carbocycles. The summed E-state index contributed by atoms with van der Waals surface area (Å²) in [5.74, 6) is -0.601. The van der Waals surface area contributed by atoms with Gasteiger partial charge >= 0.3 is 6.18 Å². The number of nitrogens with zero attached hydrogens (tertiary/aromatic N) is 1. The van der Waals surface area contributed by atoms with Crippen LogP contribution in [0, 0.1) is 6.42 Å². The van der Waals surface area contributed by atoms with E-state index in [4.69, 9.17) is 17.3 Å². The molecule has 0 fully saturated rings. The number of amides is 1. The lowest BCUT2D eigenvalue weighted by Gasteiger charge is -2.08. The van der Waals surface area contributed by atoms with Gasteiger partial charge in [-0.2, -0.15) is 13.2 Å². The van der Waals surface area contributed by atoms with E-state index in [0.29, 0.717) is 6.07 Å². The summed E-state index contributed by atoms with van der Waals surface area (Å²) in [6, 6.07) is 0.703. The summed E-state index contributed by atoms with van der Waals surface area (Å²) in [7, 11) is 0. The maximum atomic E-state index is 12.2. The standard InChI is InChI=1S/C9H7ClF3N2O/c10-6-3-7(9(11,12)13)15-4-5(6)1-2-8(14)16/h1,3-4H,2H2,(H2,14,16). The topological polar surface area (TPSA) is 56.0 Å². The minimum atomic E-state index is -4.54. The zero-order chi connectivity index (χ0) is 12.3. The monoisotopic (exact) mass is 251 g/mol. The zero-order valence-electron chi connectivity index (χ0n) is 7.88. The number of aromatic nitrogens is 1. The highest BCUT2D eigenvalue weighted by Crippen LogP contribution is 2.30. The van der Waals surface area contributed by atoms with Gasteiger partial charge in [0.2, 0.25) is 5.91 Å². The van der Waals surface area contributed by atoms with Crippen molar-refractivity contribution in [2.45, 2.75) is 12.6 Å². The third-order valence-electron chi connectivity index (χ3n) is 1.70. The number of hydrogen-bond donors (Lipinski definition) is 1. The summed E-state index contributed by atoms with van der Waals surface area (Å²) in [5.41, 5.74) is 4.04. The van der Waals surface area contributed by atoms with Gasteiger partial charge in [-0.05, 0) is 11.6 Å². The van der Waals surface area contributed by atoms with E-state index in [2.05, 4.69) is 4.98 Å². The second-order valence-corrected chi connectivity index (χ2v) is 3.37. The highest BCUT2D eigenvalue weighted by Gasteiger charge is 2.32. The summed E-state index contributed by atoms with van der Waals surface area (Å²) in [6.45, 7) is 0. The van der Waals surface area contributed by atoms with Crippen molar-refractivity contribution >= 4 is 17.5 Å². The first kappa shape index (κ1) is 12.8. The van der Waals surface area contributed by atoms with Crippen LogP contribution in [0.5, 0.6) is 0 Å². The number of rotatable bonds is 3. The molecule has 1 radical (unpaired) electrons. The van der Waals surface area contributed by atoms with Crippen molar-refractivity contribution in [1.29, 1.82) is 0 Å². The van der Waals surface area contributed by atoms with E-state index in [1.807, 2.05) is 0 Å². The number of primary amides is 1. The van der Waals surface area contributed by atoms with Crippen LogP contribution in [-0.4, -0.2) is 10.9 Å². The molecule has 1 rings (SSSR count). The summed E-state index contributed by atoms with van der Waals surface area (Å²) in [4.78, 5) is 13.7. The molecule has 1 heterocycles. The summed E-state index contributed by atoms with van der Waals surface area (Å²) >= 11 is 5.60.